The van der Waals surface area contributed by atoms with E-state index in [0.29, 0.717) is 11.4 Å². The third-order valence-corrected chi connectivity index (χ3v) is 4.26. The fourth-order valence-electron chi connectivity index (χ4n) is 2.73. The first-order valence-corrected chi connectivity index (χ1v) is 9.02. The van der Waals surface area contributed by atoms with Crippen molar-refractivity contribution in [3.8, 4) is 5.69 Å². The number of nitrogens with two attached hydrogens (primary N) is 1. The molecule has 30 heavy (non-hydrogen) atoms. The lowest BCUT2D eigenvalue weighted by Gasteiger charge is -2.11. The van der Waals surface area contributed by atoms with Crippen molar-refractivity contribution in [3.05, 3.63) is 71.3 Å². The summed E-state index contributed by atoms with van der Waals surface area (Å²) in [7, 11) is 0. The Morgan fingerprint density at radius 2 is 1.77 bits per heavy atom. The number of hydrogen-bond donors (Lipinski definition) is 3. The van der Waals surface area contributed by atoms with Crippen molar-refractivity contribution in [2.45, 2.75) is 13.3 Å². The minimum atomic E-state index is -0.557. The Bertz CT molecular complexity index is 1090. The van der Waals surface area contributed by atoms with Gasteiger partial charge in [-0.1, -0.05) is 17.3 Å². The number of nitrogens with zero attached hydrogens (tertiary/aromatic N) is 3. The Hall–Kier alpha value is -4.08. The molecule has 0 aliphatic carbocycles. The van der Waals surface area contributed by atoms with Crippen LogP contribution in [0, 0.1) is 12.7 Å². The van der Waals surface area contributed by atoms with Crippen LogP contribution in [0.15, 0.2) is 48.5 Å². The molecule has 4 N–H and O–H groups in total. The summed E-state index contributed by atoms with van der Waals surface area (Å²) in [6.07, 6.45) is 0.00590. The summed E-state index contributed by atoms with van der Waals surface area (Å²) in [5, 5.41) is 13.1. The molecule has 0 atom stereocenters. The molecule has 3 aromatic rings. The molecule has 2 aromatic carbocycles. The number of para-hydroxylation sites is 1. The quantitative estimate of drug-likeness (QED) is 0.544. The van der Waals surface area contributed by atoms with Gasteiger partial charge in [-0.2, -0.15) is 0 Å². The fraction of sp³-hybridized carbons (Fsp3) is 0.150. The van der Waals surface area contributed by atoms with E-state index >= 15 is 0 Å². The second-order valence-electron chi connectivity index (χ2n) is 6.38. The van der Waals surface area contributed by atoms with E-state index in [2.05, 4.69) is 20.9 Å². The highest BCUT2D eigenvalue weighted by molar-refractivity contribution is 6.08. The summed E-state index contributed by atoms with van der Waals surface area (Å²) in [4.78, 5) is 35.9. The molecule has 0 unspecified atom stereocenters. The molecule has 3 amide bonds. The van der Waals surface area contributed by atoms with Crippen LogP contribution in [-0.2, 0) is 4.79 Å². The first-order chi connectivity index (χ1) is 14.4. The lowest BCUT2D eigenvalue weighted by atomic mass is 10.1. The van der Waals surface area contributed by atoms with Crippen LogP contribution in [-0.4, -0.2) is 39.3 Å². The van der Waals surface area contributed by atoms with Gasteiger partial charge in [-0.25, -0.2) is 9.07 Å². The average molecular weight is 410 g/mol. The Kier molecular flexibility index (Phi) is 6.16. The van der Waals surface area contributed by atoms with E-state index in [-0.39, 0.29) is 35.7 Å². The number of rotatable bonds is 7. The Balaban J connectivity index is 1.78. The van der Waals surface area contributed by atoms with Gasteiger partial charge in [0, 0.05) is 13.0 Å². The molecule has 9 nitrogen and oxygen atoms in total. The smallest absolute Gasteiger partial charge is 0.278 e. The van der Waals surface area contributed by atoms with Crippen LogP contribution >= 0.6 is 0 Å². The zero-order valence-corrected chi connectivity index (χ0v) is 16.1. The number of carbonyl (C=O) groups is 3. The number of carbonyl (C=O) groups excluding carboxylic acids is 3. The third-order valence-electron chi connectivity index (χ3n) is 4.26. The summed E-state index contributed by atoms with van der Waals surface area (Å²) in [6.45, 7) is 1.74. The molecule has 0 fully saturated rings. The summed E-state index contributed by atoms with van der Waals surface area (Å²) >= 11 is 0. The molecule has 154 valence electrons. The first kappa shape index (κ1) is 20.6. The molecule has 10 heteroatoms. The summed E-state index contributed by atoms with van der Waals surface area (Å²) in [5.74, 6) is -1.94. The third kappa shape index (κ3) is 4.66. The predicted octanol–water partition coefficient (Wildman–Crippen LogP) is 1.57. The molecule has 0 aliphatic heterocycles. The molecule has 0 saturated heterocycles. The minimum Gasteiger partial charge on any atom is -0.370 e. The van der Waals surface area contributed by atoms with Gasteiger partial charge in [-0.15, -0.1) is 5.10 Å². The van der Waals surface area contributed by atoms with E-state index in [4.69, 9.17) is 5.73 Å². The summed E-state index contributed by atoms with van der Waals surface area (Å²) in [6, 6.07) is 12.0. The van der Waals surface area contributed by atoms with Crippen molar-refractivity contribution in [2.24, 2.45) is 5.73 Å². The first-order valence-electron chi connectivity index (χ1n) is 9.02. The summed E-state index contributed by atoms with van der Waals surface area (Å²) in [5.41, 5.74) is 6.61. The van der Waals surface area contributed by atoms with Crippen LogP contribution in [0.5, 0.6) is 0 Å². The van der Waals surface area contributed by atoms with Gasteiger partial charge in [0.1, 0.15) is 5.82 Å². The highest BCUT2D eigenvalue weighted by Crippen LogP contribution is 2.18. The lowest BCUT2D eigenvalue weighted by molar-refractivity contribution is -0.117. The van der Waals surface area contributed by atoms with Crippen molar-refractivity contribution >= 4 is 23.4 Å². The minimum absolute atomic E-state index is 0.00590. The predicted molar refractivity (Wildman–Crippen MR) is 107 cm³/mol. The van der Waals surface area contributed by atoms with E-state index in [1.807, 2.05) is 0 Å². The van der Waals surface area contributed by atoms with E-state index in [1.54, 1.807) is 25.1 Å². The zero-order valence-electron chi connectivity index (χ0n) is 16.1. The van der Waals surface area contributed by atoms with Crippen molar-refractivity contribution < 1.29 is 18.8 Å². The van der Waals surface area contributed by atoms with Crippen molar-refractivity contribution in [3.63, 3.8) is 0 Å². The highest BCUT2D eigenvalue weighted by Gasteiger charge is 2.20. The fourth-order valence-corrected chi connectivity index (χ4v) is 2.73. The van der Waals surface area contributed by atoms with Crippen LogP contribution in [0.2, 0.25) is 0 Å². The second-order valence-corrected chi connectivity index (χ2v) is 6.38. The van der Waals surface area contributed by atoms with E-state index in [9.17, 15) is 18.8 Å². The van der Waals surface area contributed by atoms with Crippen LogP contribution in [0.4, 0.5) is 10.1 Å². The van der Waals surface area contributed by atoms with E-state index < -0.39 is 17.7 Å². The zero-order chi connectivity index (χ0) is 21.7. The van der Waals surface area contributed by atoms with Gasteiger partial charge in [0.2, 0.25) is 5.91 Å². The number of benzene rings is 2. The van der Waals surface area contributed by atoms with Crippen LogP contribution in [0.1, 0.15) is 33.0 Å². The number of nitrogens with one attached hydrogen (secondary N) is 2. The van der Waals surface area contributed by atoms with Crippen molar-refractivity contribution in [2.75, 3.05) is 11.9 Å². The van der Waals surface area contributed by atoms with Gasteiger partial charge in [-0.05, 0) is 43.3 Å². The normalized spacial score (nSPS) is 10.5. The van der Waals surface area contributed by atoms with E-state index in [0.717, 1.165) is 0 Å². The molecule has 3 rings (SSSR count). The SMILES string of the molecule is Cc1c(C(=O)Nc2ccccc2C(=O)NCCC(N)=O)nnn1-c1ccc(F)cc1. The van der Waals surface area contributed by atoms with Crippen molar-refractivity contribution in [1.82, 2.24) is 20.3 Å². The number of halogens is 1. The maximum Gasteiger partial charge on any atom is 0.278 e. The number of aromatic nitrogens is 3. The molecule has 0 spiro atoms. The van der Waals surface area contributed by atoms with Gasteiger partial charge in [0.25, 0.3) is 11.8 Å². The largest absolute Gasteiger partial charge is 0.370 e. The van der Waals surface area contributed by atoms with Gasteiger partial charge >= 0.3 is 0 Å². The molecule has 1 heterocycles. The van der Waals surface area contributed by atoms with Crippen LogP contribution in [0.3, 0.4) is 0 Å². The monoisotopic (exact) mass is 410 g/mol. The number of anilines is 1. The molecular weight excluding hydrogens is 391 g/mol. The Morgan fingerprint density at radius 3 is 2.47 bits per heavy atom. The average Bonchev–Trinajstić information content (AvgIpc) is 3.10. The molecular formula is C20H19FN6O3. The standard InChI is InChI=1S/C20H19FN6O3/c1-12-18(25-26-27(12)14-8-6-13(21)7-9-14)20(30)24-16-5-3-2-4-15(16)19(29)23-11-10-17(22)28/h2-9H,10-11H2,1H3,(H2,22,28)(H,23,29)(H,24,30). The van der Waals surface area contributed by atoms with Gasteiger partial charge in [-0.3, -0.25) is 14.4 Å². The highest BCUT2D eigenvalue weighted by atomic mass is 19.1. The molecule has 0 radical (unpaired) electrons. The van der Waals surface area contributed by atoms with Crippen molar-refractivity contribution in [1.29, 1.82) is 0 Å². The van der Waals surface area contributed by atoms with Gasteiger partial charge < -0.3 is 16.4 Å². The number of primary amides is 1. The topological polar surface area (TPSA) is 132 Å². The summed E-state index contributed by atoms with van der Waals surface area (Å²) < 4.78 is 14.5. The molecule has 1 aromatic heterocycles. The molecule has 0 aliphatic rings. The number of amides is 3. The Labute approximate surface area is 171 Å². The molecule has 0 bridgehead atoms. The van der Waals surface area contributed by atoms with Crippen LogP contribution < -0.4 is 16.4 Å². The second kappa shape index (κ2) is 8.95. The molecule has 0 saturated carbocycles. The lowest BCUT2D eigenvalue weighted by Crippen LogP contribution is -2.29. The maximum atomic E-state index is 13.1. The maximum absolute atomic E-state index is 13.1. The van der Waals surface area contributed by atoms with Crippen LogP contribution in [0.25, 0.3) is 5.69 Å². The Morgan fingerprint density at radius 1 is 1.07 bits per heavy atom. The van der Waals surface area contributed by atoms with E-state index in [1.165, 1.54) is 35.0 Å². The number of hydrogen-bond acceptors (Lipinski definition) is 5. The van der Waals surface area contributed by atoms with Gasteiger partial charge in [0.15, 0.2) is 5.69 Å². The van der Waals surface area contributed by atoms with Gasteiger partial charge in [0.05, 0.1) is 22.6 Å².